The molecule has 11 aromatic rings. The number of esters is 2. The number of carbonyl (C=O) groups excluding carboxylic acids is 3. The quantitative estimate of drug-likeness (QED) is 0.0548. The van der Waals surface area contributed by atoms with Crippen molar-refractivity contribution in [2.24, 2.45) is 5.73 Å². The average Bonchev–Trinajstić information content (AvgIpc) is 1.75. The fourth-order valence-corrected chi connectivity index (χ4v) is 8.96. The molecule has 0 fully saturated rings. The second-order valence-electron chi connectivity index (χ2n) is 21.5. The average molecular weight is 1180 g/mol. The first-order valence-electron chi connectivity index (χ1n) is 27.8. The van der Waals surface area contributed by atoms with E-state index in [-0.39, 0.29) is 11.9 Å². The van der Waals surface area contributed by atoms with Crippen LogP contribution in [-0.2, 0) is 38.4 Å². The number of furan rings is 3. The van der Waals surface area contributed by atoms with Crippen molar-refractivity contribution in [2.45, 2.75) is 91.9 Å². The number of nitrogens with one attached hydrogen (secondary N) is 2. The van der Waals surface area contributed by atoms with Crippen LogP contribution < -0.4 is 36.3 Å². The summed E-state index contributed by atoms with van der Waals surface area (Å²) in [6, 6.07) is 35.8. The lowest BCUT2D eigenvalue weighted by Crippen LogP contribution is -2.24. The fraction of sp³-hybridized carbons (Fsp3) is 0.288. The number of nitriles is 1. The summed E-state index contributed by atoms with van der Waals surface area (Å²) in [5, 5.41) is 16.6. The maximum atomic E-state index is 12.0. The van der Waals surface area contributed by atoms with E-state index in [1.165, 1.54) is 6.92 Å². The lowest BCUT2D eigenvalue weighted by Gasteiger charge is -2.19. The summed E-state index contributed by atoms with van der Waals surface area (Å²) in [6.07, 6.45) is 8.14. The molecule has 87 heavy (non-hydrogen) atoms. The van der Waals surface area contributed by atoms with Gasteiger partial charge in [0.15, 0.2) is 23.6 Å². The van der Waals surface area contributed by atoms with Gasteiger partial charge in [-0.05, 0) is 180 Å². The third kappa shape index (κ3) is 17.2. The second-order valence-corrected chi connectivity index (χ2v) is 21.5. The van der Waals surface area contributed by atoms with Gasteiger partial charge in [0.25, 0.3) is 0 Å². The highest BCUT2D eigenvalue weighted by molar-refractivity contribution is 5.88. The number of carbonyl (C=O) groups is 3. The van der Waals surface area contributed by atoms with Gasteiger partial charge in [-0.1, -0.05) is 0 Å². The number of hydrogen-bond acceptors (Lipinski definition) is 19. The smallest absolute Gasteiger partial charge is 0.306 e. The Balaban J connectivity index is 0.000000171. The Kier molecular flexibility index (Phi) is 21.4. The zero-order valence-corrected chi connectivity index (χ0v) is 51.1. The number of imidazole rings is 2. The Labute approximate surface area is 504 Å². The number of aryl methyl sites for hydroxylation is 2. The van der Waals surface area contributed by atoms with E-state index in [0.29, 0.717) is 67.2 Å². The molecule has 0 aliphatic rings. The van der Waals surface area contributed by atoms with Crippen molar-refractivity contribution in [3.63, 3.8) is 0 Å². The molecule has 0 amide bonds. The van der Waals surface area contributed by atoms with Crippen LogP contribution in [0.4, 0.5) is 17.5 Å². The third-order valence-electron chi connectivity index (χ3n) is 12.8. The summed E-state index contributed by atoms with van der Waals surface area (Å²) in [4.78, 5) is 47.3. The zero-order valence-electron chi connectivity index (χ0n) is 51.1. The number of hydrogen-bond donors (Lipinski definition) is 4. The van der Waals surface area contributed by atoms with E-state index in [4.69, 9.17) is 63.6 Å². The van der Waals surface area contributed by atoms with E-state index in [2.05, 4.69) is 15.6 Å². The van der Waals surface area contributed by atoms with Gasteiger partial charge in [0.2, 0.25) is 0 Å². The van der Waals surface area contributed by atoms with Crippen molar-refractivity contribution < 1.29 is 51.3 Å². The van der Waals surface area contributed by atoms with Crippen molar-refractivity contribution in [3.05, 3.63) is 150 Å². The number of nitrogen functional groups attached to an aromatic ring is 1. The van der Waals surface area contributed by atoms with Crippen molar-refractivity contribution >= 4 is 79.9 Å². The first-order chi connectivity index (χ1) is 41.6. The number of rotatable bonds is 15. The number of methoxy groups -OCH3 is 3. The molecule has 8 aromatic heterocycles. The molecule has 0 saturated heterocycles. The molecule has 21 nitrogen and oxygen atoms in total. The normalized spacial score (nSPS) is 11.0. The van der Waals surface area contributed by atoms with Crippen LogP contribution in [0.3, 0.4) is 0 Å². The van der Waals surface area contributed by atoms with Gasteiger partial charge in [-0.3, -0.25) is 23.2 Å². The first kappa shape index (κ1) is 64.2. The first-order valence-corrected chi connectivity index (χ1v) is 27.8. The van der Waals surface area contributed by atoms with Crippen LogP contribution in [0.15, 0.2) is 141 Å². The van der Waals surface area contributed by atoms with Crippen LogP contribution in [0.1, 0.15) is 88.6 Å². The lowest BCUT2D eigenvalue weighted by atomic mass is 10.1. The van der Waals surface area contributed by atoms with Gasteiger partial charge < -0.3 is 59.0 Å². The summed E-state index contributed by atoms with van der Waals surface area (Å²) < 4.78 is 47.4. The van der Waals surface area contributed by atoms with Crippen molar-refractivity contribution in [1.29, 1.82) is 5.26 Å². The van der Waals surface area contributed by atoms with Gasteiger partial charge in [0, 0.05) is 75.2 Å². The van der Waals surface area contributed by atoms with E-state index in [0.717, 1.165) is 95.6 Å². The second kappa shape index (κ2) is 29.0. The standard InChI is InChI=1S/C24H27N3O4.C18H18N4O2.C12H18N2O2.C10H8O3.C2H3N/c1-24(2,3)31-21(28)9-6-15-10-11-27-20(12-15)26-22(23(27)25-4)19-14-16-13-17(29-5)7-8-18(16)30-19;1-20-18-17(21-16-7-11(10-19)5-6-22(16)18)15-9-12-8-13(23-2)3-4-14(12)24-15;1-12(2,3)16-11(15)5-4-9-6-7-14-10(13)8-9;1-12-8-2-3-10-7(4-8)5-9(6-11)13-10;1-2-3/h7-8,10-14,25H,6,9H2,1-5H3;3-9,20H,10,19H2,1-2H3;6-8H,4-5H2,1-3H3,(H2,13,14);2-6H,1H3;1H3. The van der Waals surface area contributed by atoms with E-state index in [1.54, 1.807) is 57.9 Å². The molecule has 0 atom stereocenters. The number of aldehydes is 1. The van der Waals surface area contributed by atoms with Gasteiger partial charge in [0.1, 0.15) is 85.3 Å². The van der Waals surface area contributed by atoms with E-state index in [9.17, 15) is 14.4 Å². The highest BCUT2D eigenvalue weighted by Gasteiger charge is 2.21. The van der Waals surface area contributed by atoms with Crippen LogP contribution in [0, 0.1) is 11.3 Å². The van der Waals surface area contributed by atoms with Gasteiger partial charge in [-0.15, -0.1) is 0 Å². The molecule has 0 radical (unpaired) electrons. The molecule has 8 heterocycles. The predicted octanol–water partition coefficient (Wildman–Crippen LogP) is 13.1. The van der Waals surface area contributed by atoms with Gasteiger partial charge in [-0.25, -0.2) is 15.0 Å². The molecule has 0 spiro atoms. The molecule has 0 aliphatic carbocycles. The van der Waals surface area contributed by atoms with E-state index < -0.39 is 11.2 Å². The number of fused-ring (bicyclic) bond motifs is 5. The number of benzene rings is 3. The van der Waals surface area contributed by atoms with Gasteiger partial charge in [-0.2, -0.15) is 5.26 Å². The molecule has 11 rings (SSSR count). The SMILES string of the molecule is CC#N.CC(C)(C)OC(=O)CCc1ccnc(N)c1.CNc1c(-c2cc3cc(OC)ccc3o2)nc2cc(CCC(=O)OC(C)(C)C)ccn12.CNc1c(-c2cc3cc(OC)ccc3o2)nc2cc(CN)ccn12.COc1ccc2oc(C=O)cc2c1. The highest BCUT2D eigenvalue weighted by atomic mass is 16.6. The summed E-state index contributed by atoms with van der Waals surface area (Å²) >= 11 is 0. The Morgan fingerprint density at radius 2 is 1.02 bits per heavy atom. The number of aromatic nitrogens is 5. The maximum absolute atomic E-state index is 12.0. The number of anilines is 3. The molecule has 0 bridgehead atoms. The number of nitrogens with zero attached hydrogens (tertiary/aromatic N) is 6. The largest absolute Gasteiger partial charge is 0.497 e. The Morgan fingerprint density at radius 3 is 1.43 bits per heavy atom. The molecule has 6 N–H and O–H groups in total. The summed E-state index contributed by atoms with van der Waals surface area (Å²) in [6.45, 7) is 13.1. The molecular weight excluding hydrogens is 1110 g/mol. The monoisotopic (exact) mass is 1180 g/mol. The molecule has 21 heteroatoms. The third-order valence-corrected chi connectivity index (χ3v) is 12.8. The highest BCUT2D eigenvalue weighted by Crippen LogP contribution is 2.36. The van der Waals surface area contributed by atoms with Gasteiger partial charge >= 0.3 is 11.9 Å². The zero-order chi connectivity index (χ0) is 63.0. The molecule has 0 aliphatic heterocycles. The number of pyridine rings is 3. The predicted molar refractivity (Wildman–Crippen MR) is 337 cm³/mol. The summed E-state index contributed by atoms with van der Waals surface area (Å²) in [5.74, 6) is 5.83. The Morgan fingerprint density at radius 1 is 0.609 bits per heavy atom. The number of ether oxygens (including phenoxy) is 5. The van der Waals surface area contributed by atoms with Crippen molar-refractivity contribution in [2.75, 3.05) is 51.8 Å². The molecule has 0 unspecified atom stereocenters. The van der Waals surface area contributed by atoms with Crippen LogP contribution in [0.5, 0.6) is 17.2 Å². The Hall–Kier alpha value is -10.3. The minimum atomic E-state index is -0.475. The van der Waals surface area contributed by atoms with Crippen molar-refractivity contribution in [1.82, 2.24) is 23.8 Å². The van der Waals surface area contributed by atoms with Crippen LogP contribution in [0.2, 0.25) is 0 Å². The van der Waals surface area contributed by atoms with Gasteiger partial charge in [0.05, 0.1) is 27.4 Å². The lowest BCUT2D eigenvalue weighted by molar-refractivity contribution is -0.155. The Bertz CT molecular complexity index is 4190. The molecular formula is C66H74N10O11. The van der Waals surface area contributed by atoms with Crippen molar-refractivity contribution in [3.8, 4) is 46.2 Å². The maximum Gasteiger partial charge on any atom is 0.306 e. The minimum absolute atomic E-state index is 0.192. The molecule has 0 saturated carbocycles. The molecule has 3 aromatic carbocycles. The summed E-state index contributed by atoms with van der Waals surface area (Å²) in [7, 11) is 8.62. The van der Waals surface area contributed by atoms with E-state index >= 15 is 0 Å². The number of nitrogens with two attached hydrogens (primary N) is 2. The fourth-order valence-electron chi connectivity index (χ4n) is 8.96. The topological polar surface area (TPSA) is 284 Å². The summed E-state index contributed by atoms with van der Waals surface area (Å²) in [5.41, 5.74) is 18.8. The van der Waals surface area contributed by atoms with E-state index in [1.807, 2.05) is 162 Å². The van der Waals surface area contributed by atoms with Crippen LogP contribution in [0.25, 0.3) is 67.1 Å². The van der Waals surface area contributed by atoms with Crippen LogP contribution >= 0.6 is 0 Å². The minimum Gasteiger partial charge on any atom is -0.497 e. The van der Waals surface area contributed by atoms with Crippen LogP contribution in [-0.4, -0.2) is 88.6 Å². The molecule has 454 valence electrons.